The van der Waals surface area contributed by atoms with Crippen LogP contribution in [0.5, 0.6) is 0 Å². The van der Waals surface area contributed by atoms with Crippen LogP contribution in [0.4, 0.5) is 0 Å². The first-order valence-electron chi connectivity index (χ1n) is 6.55. The van der Waals surface area contributed by atoms with Crippen LogP contribution in [0.2, 0.25) is 0 Å². The van der Waals surface area contributed by atoms with E-state index in [1.807, 2.05) is 0 Å². The Bertz CT molecular complexity index is 315. The van der Waals surface area contributed by atoms with Crippen molar-refractivity contribution in [3.05, 3.63) is 11.6 Å². The van der Waals surface area contributed by atoms with E-state index < -0.39 is 5.97 Å². The molecule has 0 heterocycles. The predicted octanol–water partition coefficient (Wildman–Crippen LogP) is 3.09. The van der Waals surface area contributed by atoms with Gasteiger partial charge in [-0.2, -0.15) is 0 Å². The Morgan fingerprint density at radius 3 is 2.00 bits per heavy atom. The lowest BCUT2D eigenvalue weighted by molar-refractivity contribution is -0.132. The molecule has 4 fully saturated rings. The summed E-state index contributed by atoms with van der Waals surface area (Å²) in [6.07, 6.45) is 8.97. The van der Waals surface area contributed by atoms with Gasteiger partial charge in [0.15, 0.2) is 0 Å². The lowest BCUT2D eigenvalue weighted by Gasteiger charge is -2.53. The summed E-state index contributed by atoms with van der Waals surface area (Å²) in [5.41, 5.74) is 0.553. The molecule has 0 aromatic heterocycles. The second-order valence-electron chi connectivity index (χ2n) is 6.16. The minimum Gasteiger partial charge on any atom is -0.478 e. The average molecular weight is 220 g/mol. The summed E-state index contributed by atoms with van der Waals surface area (Å²) in [7, 11) is 0. The number of aliphatic carboxylic acids is 1. The van der Waals surface area contributed by atoms with Gasteiger partial charge in [-0.3, -0.25) is 0 Å². The fraction of sp³-hybridized carbons (Fsp3) is 0.786. The summed E-state index contributed by atoms with van der Waals surface area (Å²) in [5.74, 6) is 3.36. The summed E-state index contributed by atoms with van der Waals surface area (Å²) in [6.45, 7) is 1.74. The molecule has 4 aliphatic carbocycles. The third-order valence-corrected chi connectivity index (χ3v) is 5.08. The van der Waals surface area contributed by atoms with Gasteiger partial charge in [0.25, 0.3) is 0 Å². The number of hydrogen-bond acceptors (Lipinski definition) is 1. The first-order valence-corrected chi connectivity index (χ1v) is 6.55. The van der Waals surface area contributed by atoms with Gasteiger partial charge in [-0.15, -0.1) is 0 Å². The van der Waals surface area contributed by atoms with Crippen molar-refractivity contribution in [2.75, 3.05) is 0 Å². The number of allylic oxidation sites excluding steroid dienone is 1. The van der Waals surface area contributed by atoms with Crippen molar-refractivity contribution in [2.24, 2.45) is 29.6 Å². The number of rotatable bonds is 2. The first-order chi connectivity index (χ1) is 7.63. The Kier molecular flexibility index (Phi) is 2.34. The summed E-state index contributed by atoms with van der Waals surface area (Å²) in [4.78, 5) is 10.9. The maximum absolute atomic E-state index is 10.9. The molecule has 0 aromatic carbocycles. The maximum atomic E-state index is 10.9. The Balaban J connectivity index is 1.82. The zero-order chi connectivity index (χ0) is 11.3. The van der Waals surface area contributed by atoms with Crippen molar-refractivity contribution in [1.82, 2.24) is 0 Å². The van der Waals surface area contributed by atoms with Crippen molar-refractivity contribution in [2.45, 2.75) is 39.0 Å². The molecule has 0 atom stereocenters. The minimum absolute atomic E-state index is 0.553. The van der Waals surface area contributed by atoms with E-state index in [9.17, 15) is 4.79 Å². The van der Waals surface area contributed by atoms with E-state index in [4.69, 9.17) is 5.11 Å². The number of carboxylic acids is 1. The third-order valence-electron chi connectivity index (χ3n) is 5.08. The van der Waals surface area contributed by atoms with Crippen molar-refractivity contribution in [3.63, 3.8) is 0 Å². The fourth-order valence-electron chi connectivity index (χ4n) is 4.60. The summed E-state index contributed by atoms with van der Waals surface area (Å²) in [5, 5.41) is 8.97. The maximum Gasteiger partial charge on any atom is 0.330 e. The van der Waals surface area contributed by atoms with Gasteiger partial charge in [0.05, 0.1) is 0 Å². The molecule has 2 nitrogen and oxygen atoms in total. The Morgan fingerprint density at radius 2 is 1.56 bits per heavy atom. The lowest BCUT2D eigenvalue weighted by atomic mass is 9.52. The second kappa shape index (κ2) is 3.61. The highest BCUT2D eigenvalue weighted by atomic mass is 16.4. The Labute approximate surface area is 96.7 Å². The van der Waals surface area contributed by atoms with E-state index in [1.165, 1.54) is 32.1 Å². The van der Waals surface area contributed by atoms with E-state index >= 15 is 0 Å². The zero-order valence-electron chi connectivity index (χ0n) is 9.86. The molecule has 0 amide bonds. The van der Waals surface area contributed by atoms with Gasteiger partial charge < -0.3 is 5.11 Å². The highest BCUT2D eigenvalue weighted by Crippen LogP contribution is 2.56. The van der Waals surface area contributed by atoms with E-state index in [0.29, 0.717) is 11.5 Å². The second-order valence-corrected chi connectivity index (χ2v) is 6.16. The van der Waals surface area contributed by atoms with Crippen molar-refractivity contribution < 1.29 is 9.90 Å². The first kappa shape index (κ1) is 10.4. The third kappa shape index (κ3) is 1.59. The molecule has 4 aliphatic rings. The van der Waals surface area contributed by atoms with Crippen molar-refractivity contribution >= 4 is 5.97 Å². The summed E-state index contributed by atoms with van der Waals surface area (Å²) >= 11 is 0. The van der Waals surface area contributed by atoms with Crippen LogP contribution < -0.4 is 0 Å². The minimum atomic E-state index is -0.742. The molecule has 0 spiro atoms. The molecule has 2 heteroatoms. The highest BCUT2D eigenvalue weighted by molar-refractivity contribution is 5.85. The van der Waals surface area contributed by atoms with Gasteiger partial charge >= 0.3 is 5.97 Å². The molecule has 0 saturated heterocycles. The van der Waals surface area contributed by atoms with Crippen LogP contribution in [-0.4, -0.2) is 11.1 Å². The van der Waals surface area contributed by atoms with Gasteiger partial charge in [-0.05, 0) is 68.6 Å². The zero-order valence-corrected chi connectivity index (χ0v) is 9.86. The van der Waals surface area contributed by atoms with Gasteiger partial charge in [0.2, 0.25) is 0 Å². The molecule has 4 saturated carbocycles. The van der Waals surface area contributed by atoms with Crippen LogP contribution in [0.3, 0.4) is 0 Å². The summed E-state index contributed by atoms with van der Waals surface area (Å²) in [6, 6.07) is 0. The Hall–Kier alpha value is -0.790. The summed E-state index contributed by atoms with van der Waals surface area (Å²) < 4.78 is 0. The molecule has 1 N–H and O–H groups in total. The van der Waals surface area contributed by atoms with Gasteiger partial charge in [-0.25, -0.2) is 4.79 Å². The van der Waals surface area contributed by atoms with E-state index in [0.717, 1.165) is 23.7 Å². The lowest BCUT2D eigenvalue weighted by Crippen LogP contribution is -2.44. The molecule has 4 rings (SSSR count). The van der Waals surface area contributed by atoms with E-state index in [2.05, 4.69) is 6.08 Å². The number of hydrogen-bond donors (Lipinski definition) is 1. The fourth-order valence-corrected chi connectivity index (χ4v) is 4.60. The molecule has 0 unspecified atom stereocenters. The number of carboxylic acid groups (broad SMARTS) is 1. The number of carbonyl (C=O) groups is 1. The van der Waals surface area contributed by atoms with Crippen LogP contribution in [0.25, 0.3) is 0 Å². The average Bonchev–Trinajstić information content (AvgIpc) is 2.21. The molecule has 16 heavy (non-hydrogen) atoms. The van der Waals surface area contributed by atoms with Crippen LogP contribution >= 0.6 is 0 Å². The van der Waals surface area contributed by atoms with Crippen molar-refractivity contribution in [3.8, 4) is 0 Å². The molecule has 88 valence electrons. The predicted molar refractivity (Wildman–Crippen MR) is 61.9 cm³/mol. The van der Waals surface area contributed by atoms with Crippen LogP contribution in [-0.2, 0) is 4.79 Å². The van der Waals surface area contributed by atoms with Gasteiger partial charge in [0.1, 0.15) is 0 Å². The quantitative estimate of drug-likeness (QED) is 0.726. The van der Waals surface area contributed by atoms with Crippen LogP contribution in [0, 0.1) is 29.6 Å². The Morgan fingerprint density at radius 1 is 1.06 bits per heavy atom. The molecule has 0 aromatic rings. The topological polar surface area (TPSA) is 37.3 Å². The van der Waals surface area contributed by atoms with Gasteiger partial charge in [-0.1, -0.05) is 6.08 Å². The van der Waals surface area contributed by atoms with Crippen LogP contribution in [0.15, 0.2) is 11.6 Å². The SMILES string of the molecule is C/C(=C\C1C2CC3CC(C2)CC1C3)C(=O)O. The molecular formula is C14H20O2. The highest BCUT2D eigenvalue weighted by Gasteiger charge is 2.47. The smallest absolute Gasteiger partial charge is 0.330 e. The monoisotopic (exact) mass is 220 g/mol. The molecule has 0 radical (unpaired) electrons. The molecular weight excluding hydrogens is 200 g/mol. The van der Waals surface area contributed by atoms with Crippen molar-refractivity contribution in [1.29, 1.82) is 0 Å². The van der Waals surface area contributed by atoms with Gasteiger partial charge in [0, 0.05) is 5.57 Å². The molecule has 4 bridgehead atoms. The van der Waals surface area contributed by atoms with Crippen LogP contribution in [0.1, 0.15) is 39.0 Å². The van der Waals surface area contributed by atoms with E-state index in [-0.39, 0.29) is 0 Å². The molecule has 0 aliphatic heterocycles. The van der Waals surface area contributed by atoms with E-state index in [1.54, 1.807) is 6.92 Å². The normalized spacial score (nSPS) is 46.1. The standard InChI is InChI=1S/C14H20O2/c1-8(14(15)16)2-13-11-4-9-3-10(6-11)7-12(13)5-9/h2,9-13H,3-7H2,1H3,(H,15,16)/b8-2+. The largest absolute Gasteiger partial charge is 0.478 e.